The molecule has 0 bridgehead atoms. The van der Waals surface area contributed by atoms with Crippen LogP contribution >= 0.6 is 0 Å². The van der Waals surface area contributed by atoms with Crippen LogP contribution in [0.1, 0.15) is 16.7 Å². The third-order valence-electron chi connectivity index (χ3n) is 2.14. The van der Waals surface area contributed by atoms with E-state index in [-0.39, 0.29) is 5.75 Å². The molecule has 1 aromatic rings. The second-order valence-corrected chi connectivity index (χ2v) is 3.27. The van der Waals surface area contributed by atoms with Crippen molar-refractivity contribution in [2.75, 3.05) is 14.2 Å². The van der Waals surface area contributed by atoms with E-state index < -0.39 is 0 Å². The molecule has 0 unspecified atom stereocenters. The van der Waals surface area contributed by atoms with Gasteiger partial charge in [-0.2, -0.15) is 0 Å². The fourth-order valence-electron chi connectivity index (χ4n) is 1.37. The number of phenols is 1. The van der Waals surface area contributed by atoms with Gasteiger partial charge in [-0.15, -0.1) is 0 Å². The normalized spacial score (nSPS) is 10.5. The molecule has 0 atom stereocenters. The van der Waals surface area contributed by atoms with Gasteiger partial charge in [-0.1, -0.05) is 0 Å². The van der Waals surface area contributed by atoms with Gasteiger partial charge in [0.25, 0.3) is 0 Å². The standard InChI is InChI=1S/C11H16O3/c1-8-4-11(12)10(7-14-3)5-9(8)6-13-2/h4-5,12H,6-7H2,1-3H3. The van der Waals surface area contributed by atoms with Crippen molar-refractivity contribution in [3.63, 3.8) is 0 Å². The maximum absolute atomic E-state index is 9.59. The maximum Gasteiger partial charge on any atom is 0.121 e. The van der Waals surface area contributed by atoms with E-state index in [1.807, 2.05) is 13.0 Å². The van der Waals surface area contributed by atoms with Crippen LogP contribution in [0.4, 0.5) is 0 Å². The van der Waals surface area contributed by atoms with Crippen molar-refractivity contribution in [3.8, 4) is 5.75 Å². The average Bonchev–Trinajstić information content (AvgIpc) is 2.14. The summed E-state index contributed by atoms with van der Waals surface area (Å²) in [7, 11) is 3.26. The van der Waals surface area contributed by atoms with E-state index >= 15 is 0 Å². The lowest BCUT2D eigenvalue weighted by atomic mass is 10.0. The summed E-state index contributed by atoms with van der Waals surface area (Å²) >= 11 is 0. The van der Waals surface area contributed by atoms with Gasteiger partial charge in [0.1, 0.15) is 5.75 Å². The van der Waals surface area contributed by atoms with Crippen molar-refractivity contribution in [3.05, 3.63) is 28.8 Å². The molecule has 0 spiro atoms. The number of phenolic OH excluding ortho intramolecular Hbond substituents is 1. The molecule has 1 N–H and O–H groups in total. The second kappa shape index (κ2) is 4.98. The van der Waals surface area contributed by atoms with Crippen molar-refractivity contribution in [2.24, 2.45) is 0 Å². The van der Waals surface area contributed by atoms with Crippen LogP contribution in [0.25, 0.3) is 0 Å². The Kier molecular flexibility index (Phi) is 3.92. The third-order valence-corrected chi connectivity index (χ3v) is 2.14. The SMILES string of the molecule is COCc1cc(COC)c(O)cc1C. The first-order valence-electron chi connectivity index (χ1n) is 4.48. The van der Waals surface area contributed by atoms with Crippen molar-refractivity contribution in [2.45, 2.75) is 20.1 Å². The maximum atomic E-state index is 9.59. The Hall–Kier alpha value is -1.06. The number of aromatic hydroxyl groups is 1. The Morgan fingerprint density at radius 2 is 1.64 bits per heavy atom. The van der Waals surface area contributed by atoms with Crippen LogP contribution in [-0.4, -0.2) is 19.3 Å². The highest BCUT2D eigenvalue weighted by Crippen LogP contribution is 2.23. The monoisotopic (exact) mass is 196 g/mol. The molecule has 1 rings (SSSR count). The number of aryl methyl sites for hydroxylation is 1. The van der Waals surface area contributed by atoms with Gasteiger partial charge in [-0.25, -0.2) is 0 Å². The van der Waals surface area contributed by atoms with Gasteiger partial charge in [-0.05, 0) is 30.2 Å². The summed E-state index contributed by atoms with van der Waals surface area (Å²) in [5.74, 6) is 0.282. The van der Waals surface area contributed by atoms with Gasteiger partial charge in [-0.3, -0.25) is 0 Å². The minimum absolute atomic E-state index is 0.282. The predicted octanol–water partition coefficient (Wildman–Crippen LogP) is 1.99. The Labute approximate surface area is 84.3 Å². The molecule has 0 aromatic heterocycles. The van der Waals surface area contributed by atoms with Gasteiger partial charge in [0.05, 0.1) is 13.2 Å². The summed E-state index contributed by atoms with van der Waals surface area (Å²) in [5.41, 5.74) is 2.91. The minimum Gasteiger partial charge on any atom is -0.508 e. The number of benzene rings is 1. The summed E-state index contributed by atoms with van der Waals surface area (Å²) in [6.45, 7) is 2.93. The number of hydrogen-bond donors (Lipinski definition) is 1. The van der Waals surface area contributed by atoms with E-state index in [4.69, 9.17) is 9.47 Å². The molecule has 3 heteroatoms. The molecule has 0 saturated carbocycles. The van der Waals surface area contributed by atoms with E-state index in [1.165, 1.54) is 0 Å². The molecule has 78 valence electrons. The summed E-state index contributed by atoms with van der Waals surface area (Å²) < 4.78 is 10.0. The van der Waals surface area contributed by atoms with Crippen molar-refractivity contribution >= 4 is 0 Å². The molecule has 14 heavy (non-hydrogen) atoms. The smallest absolute Gasteiger partial charge is 0.121 e. The fraction of sp³-hybridized carbons (Fsp3) is 0.455. The van der Waals surface area contributed by atoms with Crippen LogP contribution in [-0.2, 0) is 22.7 Å². The molecule has 0 saturated heterocycles. The zero-order valence-electron chi connectivity index (χ0n) is 8.83. The molecule has 0 amide bonds. The van der Waals surface area contributed by atoms with Crippen molar-refractivity contribution < 1.29 is 14.6 Å². The van der Waals surface area contributed by atoms with Crippen LogP contribution < -0.4 is 0 Å². The van der Waals surface area contributed by atoms with E-state index in [1.54, 1.807) is 20.3 Å². The van der Waals surface area contributed by atoms with Gasteiger partial charge in [0, 0.05) is 19.8 Å². The van der Waals surface area contributed by atoms with E-state index in [0.717, 1.165) is 16.7 Å². The number of hydrogen-bond acceptors (Lipinski definition) is 3. The van der Waals surface area contributed by atoms with Gasteiger partial charge >= 0.3 is 0 Å². The number of rotatable bonds is 4. The van der Waals surface area contributed by atoms with Crippen LogP contribution in [0, 0.1) is 6.92 Å². The highest BCUT2D eigenvalue weighted by molar-refractivity contribution is 5.40. The molecule has 3 nitrogen and oxygen atoms in total. The number of ether oxygens (including phenoxy) is 2. The summed E-state index contributed by atoms with van der Waals surface area (Å²) in [6.07, 6.45) is 0. The lowest BCUT2D eigenvalue weighted by Gasteiger charge is -2.09. The molecule has 1 aromatic carbocycles. The lowest BCUT2D eigenvalue weighted by Crippen LogP contribution is -1.96. The molecule has 0 aliphatic rings. The zero-order chi connectivity index (χ0) is 10.6. The second-order valence-electron chi connectivity index (χ2n) is 3.27. The first kappa shape index (κ1) is 11.0. The number of methoxy groups -OCH3 is 2. The van der Waals surface area contributed by atoms with Crippen LogP contribution in [0.2, 0.25) is 0 Å². The zero-order valence-corrected chi connectivity index (χ0v) is 8.83. The Balaban J connectivity index is 3.00. The minimum atomic E-state index is 0.282. The molecule has 0 heterocycles. The lowest BCUT2D eigenvalue weighted by molar-refractivity contribution is 0.177. The molecular weight excluding hydrogens is 180 g/mol. The highest BCUT2D eigenvalue weighted by Gasteiger charge is 2.05. The van der Waals surface area contributed by atoms with Crippen LogP contribution in [0.3, 0.4) is 0 Å². The highest BCUT2D eigenvalue weighted by atomic mass is 16.5. The van der Waals surface area contributed by atoms with Crippen LogP contribution in [0.15, 0.2) is 12.1 Å². The fourth-order valence-corrected chi connectivity index (χ4v) is 1.37. The van der Waals surface area contributed by atoms with Crippen LogP contribution in [0.5, 0.6) is 5.75 Å². The molecule has 0 radical (unpaired) electrons. The molecular formula is C11H16O3. The van der Waals surface area contributed by atoms with Crippen molar-refractivity contribution in [1.29, 1.82) is 0 Å². The quantitative estimate of drug-likeness (QED) is 0.800. The third kappa shape index (κ3) is 2.47. The van der Waals surface area contributed by atoms with E-state index in [0.29, 0.717) is 13.2 Å². The van der Waals surface area contributed by atoms with Gasteiger partial charge < -0.3 is 14.6 Å². The predicted molar refractivity (Wildman–Crippen MR) is 54.3 cm³/mol. The topological polar surface area (TPSA) is 38.7 Å². The Morgan fingerprint density at radius 3 is 2.21 bits per heavy atom. The van der Waals surface area contributed by atoms with Gasteiger partial charge in [0.2, 0.25) is 0 Å². The first-order valence-corrected chi connectivity index (χ1v) is 4.48. The summed E-state index contributed by atoms with van der Waals surface area (Å²) in [4.78, 5) is 0. The molecule has 0 fully saturated rings. The van der Waals surface area contributed by atoms with Gasteiger partial charge in [0.15, 0.2) is 0 Å². The molecule has 0 aliphatic heterocycles. The molecule has 0 aliphatic carbocycles. The first-order chi connectivity index (χ1) is 6.69. The van der Waals surface area contributed by atoms with E-state index in [2.05, 4.69) is 0 Å². The summed E-state index contributed by atoms with van der Waals surface area (Å²) in [5, 5.41) is 9.59. The average molecular weight is 196 g/mol. The summed E-state index contributed by atoms with van der Waals surface area (Å²) in [6, 6.07) is 3.65. The van der Waals surface area contributed by atoms with E-state index in [9.17, 15) is 5.11 Å². The Bertz CT molecular complexity index is 280. The Morgan fingerprint density at radius 1 is 1.07 bits per heavy atom. The van der Waals surface area contributed by atoms with Crippen molar-refractivity contribution in [1.82, 2.24) is 0 Å². The largest absolute Gasteiger partial charge is 0.508 e.